The lowest BCUT2D eigenvalue weighted by Crippen LogP contribution is -2.32. The number of hydrogen-bond acceptors (Lipinski definition) is 2. The highest BCUT2D eigenvalue weighted by Gasteiger charge is 2.39. The van der Waals surface area contributed by atoms with Crippen LogP contribution in [0.5, 0.6) is 0 Å². The Labute approximate surface area is 95.9 Å². The van der Waals surface area contributed by atoms with Crippen LogP contribution in [0.15, 0.2) is 6.07 Å². The van der Waals surface area contributed by atoms with Crippen molar-refractivity contribution in [3.8, 4) is 0 Å². The van der Waals surface area contributed by atoms with Crippen LogP contribution in [0, 0.1) is 0 Å². The van der Waals surface area contributed by atoms with Crippen molar-refractivity contribution in [2.75, 3.05) is 13.1 Å². The van der Waals surface area contributed by atoms with Gasteiger partial charge >= 0.3 is 0 Å². The molecule has 1 fully saturated rings. The van der Waals surface area contributed by atoms with Gasteiger partial charge in [0, 0.05) is 21.7 Å². The molecule has 1 N–H and O–H groups in total. The molecule has 1 aliphatic carbocycles. The zero-order valence-electron chi connectivity index (χ0n) is 9.44. The van der Waals surface area contributed by atoms with Gasteiger partial charge in [-0.25, -0.2) is 0 Å². The molecule has 1 aromatic rings. The summed E-state index contributed by atoms with van der Waals surface area (Å²) < 4.78 is 0. The summed E-state index contributed by atoms with van der Waals surface area (Å²) in [5.74, 6) is 0. The van der Waals surface area contributed by atoms with Gasteiger partial charge in [-0.05, 0) is 50.3 Å². The molecule has 1 aliphatic heterocycles. The number of thiophene rings is 1. The zero-order valence-corrected chi connectivity index (χ0v) is 10.3. The van der Waals surface area contributed by atoms with Crippen LogP contribution in [0.2, 0.25) is 0 Å². The Hall–Kier alpha value is -0.340. The predicted octanol–water partition coefficient (Wildman–Crippen LogP) is 2.88. The summed E-state index contributed by atoms with van der Waals surface area (Å²) in [4.78, 5) is 3.29. The Morgan fingerprint density at radius 3 is 3.13 bits per heavy atom. The molecule has 82 valence electrons. The molecular formula is C13H19NS. The Morgan fingerprint density at radius 1 is 1.47 bits per heavy atom. The van der Waals surface area contributed by atoms with Gasteiger partial charge in [-0.1, -0.05) is 6.92 Å². The number of rotatable bonds is 1. The molecule has 0 saturated carbocycles. The van der Waals surface area contributed by atoms with Crippen molar-refractivity contribution in [3.05, 3.63) is 21.4 Å². The Balaban J connectivity index is 2.05. The van der Waals surface area contributed by atoms with Crippen LogP contribution in [0.4, 0.5) is 0 Å². The summed E-state index contributed by atoms with van der Waals surface area (Å²) in [6, 6.07) is 2.51. The third kappa shape index (κ3) is 1.46. The number of aryl methyl sites for hydroxylation is 2. The maximum Gasteiger partial charge on any atom is 0.0101 e. The quantitative estimate of drug-likeness (QED) is 0.769. The van der Waals surface area contributed by atoms with Crippen molar-refractivity contribution < 1.29 is 0 Å². The van der Waals surface area contributed by atoms with Gasteiger partial charge in [0.05, 0.1) is 0 Å². The van der Waals surface area contributed by atoms with E-state index in [-0.39, 0.29) is 0 Å². The first kappa shape index (κ1) is 9.86. The highest BCUT2D eigenvalue weighted by Crippen LogP contribution is 2.44. The minimum Gasteiger partial charge on any atom is -0.316 e. The van der Waals surface area contributed by atoms with E-state index < -0.39 is 0 Å². The molecule has 15 heavy (non-hydrogen) atoms. The highest BCUT2D eigenvalue weighted by molar-refractivity contribution is 7.12. The van der Waals surface area contributed by atoms with E-state index in [1.165, 1.54) is 45.2 Å². The molecule has 2 aliphatic rings. The summed E-state index contributed by atoms with van der Waals surface area (Å²) in [5, 5.41) is 3.56. The second-order valence-corrected chi connectivity index (χ2v) is 6.19. The molecule has 3 rings (SSSR count). The molecule has 0 aromatic carbocycles. The van der Waals surface area contributed by atoms with E-state index >= 15 is 0 Å². The molecule has 0 radical (unpaired) electrons. The molecule has 2 heteroatoms. The molecule has 1 saturated heterocycles. The van der Waals surface area contributed by atoms with E-state index in [9.17, 15) is 0 Å². The lowest BCUT2D eigenvalue weighted by Gasteiger charge is -2.32. The molecule has 1 spiro atoms. The van der Waals surface area contributed by atoms with Crippen molar-refractivity contribution in [3.63, 3.8) is 0 Å². The summed E-state index contributed by atoms with van der Waals surface area (Å²) in [6.45, 7) is 4.72. The van der Waals surface area contributed by atoms with E-state index in [1.54, 1.807) is 15.3 Å². The minimum absolute atomic E-state index is 0.525. The summed E-state index contributed by atoms with van der Waals surface area (Å²) in [6.07, 6.45) is 6.72. The topological polar surface area (TPSA) is 12.0 Å². The van der Waals surface area contributed by atoms with Gasteiger partial charge in [0.2, 0.25) is 0 Å². The van der Waals surface area contributed by atoms with Gasteiger partial charge in [-0.2, -0.15) is 0 Å². The van der Waals surface area contributed by atoms with Crippen LogP contribution in [0.25, 0.3) is 0 Å². The summed E-state index contributed by atoms with van der Waals surface area (Å²) in [5.41, 5.74) is 2.23. The summed E-state index contributed by atoms with van der Waals surface area (Å²) >= 11 is 2.07. The third-order valence-corrected chi connectivity index (χ3v) is 5.42. The maximum atomic E-state index is 3.56. The van der Waals surface area contributed by atoms with Crippen molar-refractivity contribution in [1.29, 1.82) is 0 Å². The first-order valence-corrected chi connectivity index (χ1v) is 6.98. The number of hydrogen-bond donors (Lipinski definition) is 1. The smallest absolute Gasteiger partial charge is 0.0101 e. The molecule has 1 aromatic heterocycles. The fourth-order valence-corrected chi connectivity index (χ4v) is 4.47. The lowest BCUT2D eigenvalue weighted by molar-refractivity contribution is 0.396. The predicted molar refractivity (Wildman–Crippen MR) is 65.8 cm³/mol. The fourth-order valence-electron chi connectivity index (χ4n) is 3.20. The molecule has 1 nitrogen and oxygen atoms in total. The average molecular weight is 221 g/mol. The van der Waals surface area contributed by atoms with Crippen molar-refractivity contribution in [1.82, 2.24) is 5.32 Å². The SMILES string of the molecule is CCc1cc2c(s1)CCCC21CCNC1. The largest absolute Gasteiger partial charge is 0.316 e. The van der Waals surface area contributed by atoms with Crippen molar-refractivity contribution in [2.24, 2.45) is 0 Å². The second-order valence-electron chi connectivity index (χ2n) is 4.96. The van der Waals surface area contributed by atoms with Gasteiger partial charge in [0.25, 0.3) is 0 Å². The van der Waals surface area contributed by atoms with E-state index in [0.29, 0.717) is 5.41 Å². The molecule has 0 bridgehead atoms. The van der Waals surface area contributed by atoms with Gasteiger partial charge in [0.15, 0.2) is 0 Å². The van der Waals surface area contributed by atoms with E-state index in [2.05, 4.69) is 29.6 Å². The highest BCUT2D eigenvalue weighted by atomic mass is 32.1. The average Bonchev–Trinajstić information content (AvgIpc) is 2.86. The van der Waals surface area contributed by atoms with E-state index in [1.807, 2.05) is 0 Å². The molecule has 0 amide bonds. The fraction of sp³-hybridized carbons (Fsp3) is 0.692. The van der Waals surface area contributed by atoms with Crippen LogP contribution in [-0.4, -0.2) is 13.1 Å². The normalized spacial score (nSPS) is 29.7. The van der Waals surface area contributed by atoms with Crippen LogP contribution in [0.3, 0.4) is 0 Å². The third-order valence-electron chi connectivity index (χ3n) is 4.08. The molecule has 1 atom stereocenters. The number of nitrogens with one attached hydrogen (secondary N) is 1. The van der Waals surface area contributed by atoms with Gasteiger partial charge < -0.3 is 5.32 Å². The van der Waals surface area contributed by atoms with Crippen molar-refractivity contribution >= 4 is 11.3 Å². The number of fused-ring (bicyclic) bond motifs is 2. The maximum absolute atomic E-state index is 3.56. The van der Waals surface area contributed by atoms with Gasteiger partial charge in [-0.3, -0.25) is 0 Å². The molecule has 2 heterocycles. The molecular weight excluding hydrogens is 202 g/mol. The van der Waals surface area contributed by atoms with Gasteiger partial charge in [0.1, 0.15) is 0 Å². The minimum atomic E-state index is 0.525. The van der Waals surface area contributed by atoms with E-state index in [0.717, 1.165) is 0 Å². The first-order valence-electron chi connectivity index (χ1n) is 6.17. The first-order chi connectivity index (χ1) is 7.34. The van der Waals surface area contributed by atoms with Crippen LogP contribution in [-0.2, 0) is 18.3 Å². The Bertz CT molecular complexity index is 361. The van der Waals surface area contributed by atoms with E-state index in [4.69, 9.17) is 0 Å². The Morgan fingerprint density at radius 2 is 2.40 bits per heavy atom. The zero-order chi connectivity index (χ0) is 10.3. The molecule has 1 unspecified atom stereocenters. The Kier molecular flexibility index (Phi) is 2.37. The standard InChI is InChI=1S/C13H19NS/c1-2-10-8-11-12(15-10)4-3-5-13(11)6-7-14-9-13/h8,14H,2-7,9H2,1H3. The summed E-state index contributed by atoms with van der Waals surface area (Å²) in [7, 11) is 0. The second kappa shape index (κ2) is 3.60. The van der Waals surface area contributed by atoms with Crippen LogP contribution < -0.4 is 5.32 Å². The van der Waals surface area contributed by atoms with Crippen LogP contribution in [0.1, 0.15) is 41.5 Å². The monoisotopic (exact) mass is 221 g/mol. The van der Waals surface area contributed by atoms with Gasteiger partial charge in [-0.15, -0.1) is 11.3 Å². The van der Waals surface area contributed by atoms with Crippen LogP contribution >= 0.6 is 11.3 Å². The van der Waals surface area contributed by atoms with Crippen molar-refractivity contribution in [2.45, 2.75) is 44.4 Å². The lowest BCUT2D eigenvalue weighted by atomic mass is 9.72.